The second-order valence-corrected chi connectivity index (χ2v) is 6.15. The van der Waals surface area contributed by atoms with Crippen LogP contribution in [0.25, 0.3) is 11.4 Å². The zero-order valence-electron chi connectivity index (χ0n) is 13.6. The topological polar surface area (TPSA) is 94.0 Å². The van der Waals surface area contributed by atoms with Crippen molar-refractivity contribution in [2.45, 2.75) is 32.7 Å². The molecule has 1 aromatic heterocycles. The SMILES string of the molecule is CC(C)CC(C)(CN)NC(=O)c1ccc(-c2ncon2)cc1.Cl. The molecule has 0 fully saturated rings. The van der Waals surface area contributed by atoms with E-state index in [0.29, 0.717) is 23.9 Å². The van der Waals surface area contributed by atoms with Gasteiger partial charge < -0.3 is 15.6 Å². The van der Waals surface area contributed by atoms with Crippen LogP contribution in [0.1, 0.15) is 37.6 Å². The molecular formula is C16H23ClN4O2. The fraction of sp³-hybridized carbons (Fsp3) is 0.438. The van der Waals surface area contributed by atoms with Crippen molar-refractivity contribution >= 4 is 18.3 Å². The van der Waals surface area contributed by atoms with Crippen LogP contribution >= 0.6 is 12.4 Å². The molecule has 126 valence electrons. The van der Waals surface area contributed by atoms with Gasteiger partial charge in [0, 0.05) is 23.2 Å². The lowest BCUT2D eigenvalue weighted by Crippen LogP contribution is -2.52. The average Bonchev–Trinajstić information content (AvgIpc) is 3.00. The Labute approximate surface area is 142 Å². The fourth-order valence-electron chi connectivity index (χ4n) is 2.50. The highest BCUT2D eigenvalue weighted by molar-refractivity contribution is 5.95. The molecule has 1 amide bonds. The van der Waals surface area contributed by atoms with E-state index in [4.69, 9.17) is 10.3 Å². The van der Waals surface area contributed by atoms with E-state index < -0.39 is 5.54 Å². The first kappa shape index (κ1) is 19.1. The maximum absolute atomic E-state index is 12.4. The minimum absolute atomic E-state index is 0. The molecule has 0 bridgehead atoms. The van der Waals surface area contributed by atoms with Crippen molar-refractivity contribution in [2.24, 2.45) is 11.7 Å². The van der Waals surface area contributed by atoms with E-state index in [-0.39, 0.29) is 18.3 Å². The van der Waals surface area contributed by atoms with Crippen molar-refractivity contribution < 1.29 is 9.32 Å². The summed E-state index contributed by atoms with van der Waals surface area (Å²) in [5.74, 6) is 0.821. The van der Waals surface area contributed by atoms with Gasteiger partial charge in [0.25, 0.3) is 5.91 Å². The quantitative estimate of drug-likeness (QED) is 0.844. The number of rotatable bonds is 6. The largest absolute Gasteiger partial charge is 0.346 e. The Morgan fingerprint density at radius 2 is 2.00 bits per heavy atom. The lowest BCUT2D eigenvalue weighted by atomic mass is 9.90. The van der Waals surface area contributed by atoms with E-state index in [1.54, 1.807) is 24.3 Å². The van der Waals surface area contributed by atoms with Crippen molar-refractivity contribution in [3.63, 3.8) is 0 Å². The number of nitrogens with zero attached hydrogens (tertiary/aromatic N) is 2. The van der Waals surface area contributed by atoms with Crippen LogP contribution in [0.3, 0.4) is 0 Å². The monoisotopic (exact) mass is 338 g/mol. The summed E-state index contributed by atoms with van der Waals surface area (Å²) in [5, 5.41) is 6.79. The summed E-state index contributed by atoms with van der Waals surface area (Å²) in [7, 11) is 0. The molecule has 0 aliphatic rings. The van der Waals surface area contributed by atoms with E-state index in [0.717, 1.165) is 12.0 Å². The highest BCUT2D eigenvalue weighted by Gasteiger charge is 2.26. The molecular weight excluding hydrogens is 316 g/mol. The van der Waals surface area contributed by atoms with Gasteiger partial charge in [-0.3, -0.25) is 4.79 Å². The van der Waals surface area contributed by atoms with E-state index >= 15 is 0 Å². The minimum Gasteiger partial charge on any atom is -0.346 e. The Bertz CT molecular complexity index is 614. The van der Waals surface area contributed by atoms with Gasteiger partial charge in [-0.15, -0.1) is 12.4 Å². The van der Waals surface area contributed by atoms with Crippen LogP contribution < -0.4 is 11.1 Å². The molecule has 1 aromatic carbocycles. The van der Waals surface area contributed by atoms with Crippen LogP contribution in [0.15, 0.2) is 35.2 Å². The third-order valence-corrected chi connectivity index (χ3v) is 3.49. The fourth-order valence-corrected chi connectivity index (χ4v) is 2.50. The second kappa shape index (κ2) is 8.08. The number of nitrogens with one attached hydrogen (secondary N) is 1. The Balaban J connectivity index is 0.00000264. The summed E-state index contributed by atoms with van der Waals surface area (Å²) in [6.45, 7) is 6.59. The molecule has 6 nitrogen and oxygen atoms in total. The van der Waals surface area contributed by atoms with E-state index in [1.165, 1.54) is 6.39 Å². The van der Waals surface area contributed by atoms with Gasteiger partial charge in [-0.2, -0.15) is 4.98 Å². The van der Waals surface area contributed by atoms with E-state index in [9.17, 15) is 4.79 Å². The second-order valence-electron chi connectivity index (χ2n) is 6.15. The van der Waals surface area contributed by atoms with Crippen molar-refractivity contribution in [2.75, 3.05) is 6.54 Å². The van der Waals surface area contributed by atoms with Gasteiger partial charge in [0.05, 0.1) is 0 Å². The number of aromatic nitrogens is 2. The lowest BCUT2D eigenvalue weighted by molar-refractivity contribution is 0.0898. The standard InChI is InChI=1S/C16H22N4O2.ClH/c1-11(2)8-16(3,9-17)19-15(21)13-6-4-12(5-7-13)14-18-10-22-20-14;/h4-7,10-11H,8-9,17H2,1-3H3,(H,19,21);1H. The number of carbonyl (C=O) groups is 1. The van der Waals surface area contributed by atoms with Crippen LogP contribution in [-0.2, 0) is 0 Å². The summed E-state index contributed by atoms with van der Waals surface area (Å²) in [6, 6.07) is 7.07. The van der Waals surface area contributed by atoms with E-state index in [2.05, 4.69) is 29.3 Å². The highest BCUT2D eigenvalue weighted by atomic mass is 35.5. The average molecular weight is 339 g/mol. The molecule has 1 atom stereocenters. The van der Waals surface area contributed by atoms with Crippen LogP contribution in [0, 0.1) is 5.92 Å². The predicted octanol–water partition coefficient (Wildman–Crippen LogP) is 2.65. The maximum Gasteiger partial charge on any atom is 0.251 e. The molecule has 0 saturated carbocycles. The summed E-state index contributed by atoms with van der Waals surface area (Å²) < 4.78 is 4.71. The van der Waals surface area contributed by atoms with Crippen molar-refractivity contribution in [3.05, 3.63) is 36.2 Å². The molecule has 2 aromatic rings. The molecule has 3 N–H and O–H groups in total. The normalized spacial score (nSPS) is 13.3. The molecule has 0 aliphatic carbocycles. The van der Waals surface area contributed by atoms with Gasteiger partial charge in [-0.25, -0.2) is 0 Å². The Kier molecular flexibility index (Phi) is 6.72. The Morgan fingerprint density at radius 1 is 1.35 bits per heavy atom. The van der Waals surface area contributed by atoms with E-state index in [1.807, 2.05) is 6.92 Å². The number of nitrogens with two attached hydrogens (primary N) is 1. The van der Waals surface area contributed by atoms with Gasteiger partial charge in [-0.05, 0) is 31.4 Å². The van der Waals surface area contributed by atoms with Crippen molar-refractivity contribution in [1.82, 2.24) is 15.5 Å². The number of carbonyl (C=O) groups excluding carboxylic acids is 1. The summed E-state index contributed by atoms with van der Waals surface area (Å²) in [5.41, 5.74) is 6.80. The summed E-state index contributed by atoms with van der Waals surface area (Å²) in [6.07, 6.45) is 2.10. The molecule has 23 heavy (non-hydrogen) atoms. The zero-order chi connectivity index (χ0) is 16.2. The number of hydrogen-bond donors (Lipinski definition) is 2. The number of halogens is 1. The maximum atomic E-state index is 12.4. The smallest absolute Gasteiger partial charge is 0.251 e. The first-order valence-corrected chi connectivity index (χ1v) is 7.33. The number of benzene rings is 1. The third kappa shape index (κ3) is 5.04. The molecule has 1 unspecified atom stereocenters. The molecule has 0 saturated heterocycles. The van der Waals surface area contributed by atoms with Crippen LogP contribution in [0.2, 0.25) is 0 Å². The van der Waals surface area contributed by atoms with Crippen LogP contribution in [-0.4, -0.2) is 28.1 Å². The molecule has 0 spiro atoms. The molecule has 2 rings (SSSR count). The summed E-state index contributed by atoms with van der Waals surface area (Å²) in [4.78, 5) is 16.4. The Morgan fingerprint density at radius 3 is 2.48 bits per heavy atom. The molecule has 1 heterocycles. The van der Waals surface area contributed by atoms with Gasteiger partial charge in [0.1, 0.15) is 0 Å². The zero-order valence-corrected chi connectivity index (χ0v) is 14.4. The first-order chi connectivity index (χ1) is 10.4. The van der Waals surface area contributed by atoms with Crippen LogP contribution in [0.4, 0.5) is 0 Å². The Hall–Kier alpha value is -1.92. The molecule has 0 radical (unpaired) electrons. The van der Waals surface area contributed by atoms with Crippen molar-refractivity contribution in [1.29, 1.82) is 0 Å². The molecule has 7 heteroatoms. The summed E-state index contributed by atoms with van der Waals surface area (Å²) >= 11 is 0. The first-order valence-electron chi connectivity index (χ1n) is 7.33. The van der Waals surface area contributed by atoms with Gasteiger partial charge in [-0.1, -0.05) is 31.1 Å². The van der Waals surface area contributed by atoms with Gasteiger partial charge in [0.15, 0.2) is 0 Å². The van der Waals surface area contributed by atoms with Crippen LogP contribution in [0.5, 0.6) is 0 Å². The van der Waals surface area contributed by atoms with Gasteiger partial charge in [0.2, 0.25) is 12.2 Å². The minimum atomic E-state index is -0.405. The lowest BCUT2D eigenvalue weighted by Gasteiger charge is -2.31. The highest BCUT2D eigenvalue weighted by Crippen LogP contribution is 2.18. The van der Waals surface area contributed by atoms with Crippen molar-refractivity contribution in [3.8, 4) is 11.4 Å². The third-order valence-electron chi connectivity index (χ3n) is 3.49. The molecule has 0 aliphatic heterocycles. The number of hydrogen-bond acceptors (Lipinski definition) is 5. The number of amides is 1. The predicted molar refractivity (Wildman–Crippen MR) is 91.4 cm³/mol. The van der Waals surface area contributed by atoms with Gasteiger partial charge >= 0.3 is 0 Å².